The minimum atomic E-state index is -0.525. The monoisotopic (exact) mass is 363 g/mol. The van der Waals surface area contributed by atoms with Gasteiger partial charge < -0.3 is 14.6 Å². The molecule has 0 saturated heterocycles. The minimum Gasteiger partial charge on any atom is -0.497 e. The number of anilines is 1. The molecular weight excluding hydrogens is 346 g/mol. The van der Waals surface area contributed by atoms with Crippen LogP contribution in [0.15, 0.2) is 54.9 Å². The van der Waals surface area contributed by atoms with E-state index in [0.29, 0.717) is 11.4 Å². The number of non-ortho nitro benzene ring substituents is 1. The maximum atomic E-state index is 11.0. The van der Waals surface area contributed by atoms with Crippen LogP contribution in [0.3, 0.4) is 0 Å². The van der Waals surface area contributed by atoms with Crippen LogP contribution in [-0.4, -0.2) is 21.6 Å². The number of nitro groups is 1. The van der Waals surface area contributed by atoms with Crippen molar-refractivity contribution in [2.75, 3.05) is 12.4 Å². The van der Waals surface area contributed by atoms with E-state index in [0.717, 1.165) is 11.4 Å². The predicted molar refractivity (Wildman–Crippen MR) is 99.5 cm³/mol. The van der Waals surface area contributed by atoms with Gasteiger partial charge in [0.15, 0.2) is 0 Å². The Kier molecular flexibility index (Phi) is 5.04. The zero-order valence-corrected chi connectivity index (χ0v) is 14.8. The van der Waals surface area contributed by atoms with Crippen molar-refractivity contribution in [3.05, 3.63) is 81.9 Å². The van der Waals surface area contributed by atoms with Gasteiger partial charge in [-0.1, -0.05) is 12.1 Å². The number of imidazole rings is 1. The van der Waals surface area contributed by atoms with E-state index in [1.165, 1.54) is 18.2 Å². The second kappa shape index (κ2) is 7.58. The van der Waals surface area contributed by atoms with E-state index in [4.69, 9.17) is 4.74 Å². The van der Waals surface area contributed by atoms with E-state index in [-0.39, 0.29) is 17.3 Å². The number of nitrogens with one attached hydrogen (secondary N) is 1. The van der Waals surface area contributed by atoms with Gasteiger partial charge >= 0.3 is 0 Å². The summed E-state index contributed by atoms with van der Waals surface area (Å²) in [6.07, 6.45) is 3.51. The Morgan fingerprint density at radius 2 is 2.15 bits per heavy atom. The summed E-state index contributed by atoms with van der Waals surface area (Å²) in [5.41, 5.74) is 1.42. The molecule has 0 fully saturated rings. The van der Waals surface area contributed by atoms with Gasteiger partial charge in [-0.25, -0.2) is 4.98 Å². The molecule has 27 heavy (non-hydrogen) atoms. The molecule has 0 aliphatic carbocycles. The van der Waals surface area contributed by atoms with E-state index in [2.05, 4.69) is 10.3 Å². The highest BCUT2D eigenvalue weighted by molar-refractivity contribution is 5.63. The molecule has 8 heteroatoms. The molecule has 0 unspecified atom stereocenters. The summed E-state index contributed by atoms with van der Waals surface area (Å²) >= 11 is 0. The van der Waals surface area contributed by atoms with Crippen molar-refractivity contribution >= 4 is 11.4 Å². The Labute approximate surface area is 155 Å². The summed E-state index contributed by atoms with van der Waals surface area (Å²) in [6.45, 7) is 0. The highest BCUT2D eigenvalue weighted by atomic mass is 16.6. The van der Waals surface area contributed by atoms with Crippen LogP contribution in [0, 0.1) is 21.4 Å². The average Bonchev–Trinajstić information content (AvgIpc) is 3.11. The lowest BCUT2D eigenvalue weighted by Gasteiger charge is -2.21. The maximum Gasteiger partial charge on any atom is 0.270 e. The van der Waals surface area contributed by atoms with Crippen LogP contribution < -0.4 is 10.1 Å². The Morgan fingerprint density at radius 1 is 1.33 bits per heavy atom. The van der Waals surface area contributed by atoms with E-state index in [9.17, 15) is 15.4 Å². The van der Waals surface area contributed by atoms with Crippen LogP contribution >= 0.6 is 0 Å². The van der Waals surface area contributed by atoms with Crippen molar-refractivity contribution in [1.82, 2.24) is 9.55 Å². The van der Waals surface area contributed by atoms with Gasteiger partial charge in [0.05, 0.1) is 23.3 Å². The number of benzene rings is 2. The summed E-state index contributed by atoms with van der Waals surface area (Å²) < 4.78 is 7.18. The first kappa shape index (κ1) is 17.9. The van der Waals surface area contributed by atoms with Crippen LogP contribution in [0.1, 0.15) is 23.0 Å². The zero-order chi connectivity index (χ0) is 19.4. The van der Waals surface area contributed by atoms with E-state index < -0.39 is 4.92 Å². The third-order valence-corrected chi connectivity index (χ3v) is 4.18. The molecule has 3 rings (SSSR count). The Morgan fingerprint density at radius 3 is 2.78 bits per heavy atom. The summed E-state index contributed by atoms with van der Waals surface area (Å²) in [4.78, 5) is 14.9. The number of aromatic nitrogens is 2. The number of nitro benzene ring substituents is 1. The lowest BCUT2D eigenvalue weighted by molar-refractivity contribution is -0.384. The highest BCUT2D eigenvalue weighted by Crippen LogP contribution is 2.30. The Balaban J connectivity index is 2.06. The van der Waals surface area contributed by atoms with Gasteiger partial charge in [-0.15, -0.1) is 0 Å². The van der Waals surface area contributed by atoms with Crippen molar-refractivity contribution in [2.24, 2.45) is 7.05 Å². The first-order chi connectivity index (χ1) is 13.0. The smallest absolute Gasteiger partial charge is 0.270 e. The lowest BCUT2D eigenvalue weighted by atomic mass is 10.0. The molecule has 3 aromatic rings. The van der Waals surface area contributed by atoms with Crippen LogP contribution in [-0.2, 0) is 7.05 Å². The summed E-state index contributed by atoms with van der Waals surface area (Å²) in [5, 5.41) is 23.7. The van der Waals surface area contributed by atoms with Crippen molar-refractivity contribution in [2.45, 2.75) is 6.04 Å². The summed E-state index contributed by atoms with van der Waals surface area (Å²) in [7, 11) is 3.46. The number of aryl methyl sites for hydroxylation is 1. The predicted octanol–water partition coefficient (Wildman–Crippen LogP) is 3.41. The van der Waals surface area contributed by atoms with E-state index in [1.54, 1.807) is 13.3 Å². The molecule has 0 aliphatic rings. The van der Waals surface area contributed by atoms with Crippen LogP contribution in [0.4, 0.5) is 11.4 Å². The number of ether oxygens (including phenoxy) is 1. The van der Waals surface area contributed by atoms with Gasteiger partial charge in [0.1, 0.15) is 23.7 Å². The normalized spacial score (nSPS) is 11.4. The molecule has 0 amide bonds. The second-order valence-electron chi connectivity index (χ2n) is 5.85. The van der Waals surface area contributed by atoms with Crippen molar-refractivity contribution in [1.29, 1.82) is 5.26 Å². The summed E-state index contributed by atoms with van der Waals surface area (Å²) in [6, 6.07) is 13.3. The van der Waals surface area contributed by atoms with Crippen LogP contribution in [0.2, 0.25) is 0 Å². The number of nitrogens with zero attached hydrogens (tertiary/aromatic N) is 4. The standard InChI is InChI=1S/C19H17N5O3/c1-23-9-8-21-19(23)18(13-4-3-5-16(11-13)27-2)22-17-7-6-15(24(25)26)10-14(17)12-20/h3-11,18,22H,1-2H3/t18-/m1/s1. The topological polar surface area (TPSA) is 106 Å². The largest absolute Gasteiger partial charge is 0.497 e. The van der Waals surface area contributed by atoms with Gasteiger partial charge in [-0.3, -0.25) is 10.1 Å². The van der Waals surface area contributed by atoms with Gasteiger partial charge in [-0.2, -0.15) is 5.26 Å². The van der Waals surface area contributed by atoms with Gasteiger partial charge in [-0.05, 0) is 23.8 Å². The van der Waals surface area contributed by atoms with Gasteiger partial charge in [0.25, 0.3) is 5.69 Å². The molecule has 0 radical (unpaired) electrons. The molecule has 136 valence electrons. The molecular formula is C19H17N5O3. The fraction of sp³-hybridized carbons (Fsp3) is 0.158. The average molecular weight is 363 g/mol. The number of methoxy groups -OCH3 is 1. The quantitative estimate of drug-likeness (QED) is 0.531. The molecule has 0 spiro atoms. The third-order valence-electron chi connectivity index (χ3n) is 4.18. The molecule has 0 saturated carbocycles. The lowest BCUT2D eigenvalue weighted by Crippen LogP contribution is -2.17. The minimum absolute atomic E-state index is 0.132. The van der Waals surface area contributed by atoms with Gasteiger partial charge in [0.2, 0.25) is 0 Å². The van der Waals surface area contributed by atoms with Crippen molar-refractivity contribution in [3.8, 4) is 11.8 Å². The number of hydrogen-bond donors (Lipinski definition) is 1. The maximum absolute atomic E-state index is 11.0. The van der Waals surface area contributed by atoms with Crippen molar-refractivity contribution < 1.29 is 9.66 Å². The molecule has 1 N–H and O–H groups in total. The zero-order valence-electron chi connectivity index (χ0n) is 14.8. The fourth-order valence-corrected chi connectivity index (χ4v) is 2.79. The SMILES string of the molecule is COc1cccc([C@@H](Nc2ccc([N+](=O)[O-])cc2C#N)c2nccn2C)c1. The molecule has 2 aromatic carbocycles. The number of nitriles is 1. The molecule has 1 aromatic heterocycles. The first-order valence-corrected chi connectivity index (χ1v) is 8.09. The van der Waals surface area contributed by atoms with E-state index >= 15 is 0 Å². The van der Waals surface area contributed by atoms with E-state index in [1.807, 2.05) is 48.1 Å². The van der Waals surface area contributed by atoms with Crippen LogP contribution in [0.5, 0.6) is 5.75 Å². The Hall–Kier alpha value is -3.86. The highest BCUT2D eigenvalue weighted by Gasteiger charge is 2.21. The summed E-state index contributed by atoms with van der Waals surface area (Å²) in [5.74, 6) is 1.42. The molecule has 0 bridgehead atoms. The Bertz CT molecular complexity index is 1020. The molecule has 1 atom stereocenters. The van der Waals surface area contributed by atoms with Crippen LogP contribution in [0.25, 0.3) is 0 Å². The molecule has 8 nitrogen and oxygen atoms in total. The first-order valence-electron chi connectivity index (χ1n) is 8.09. The number of rotatable bonds is 6. The van der Waals surface area contributed by atoms with Crippen molar-refractivity contribution in [3.63, 3.8) is 0 Å². The fourth-order valence-electron chi connectivity index (χ4n) is 2.79. The molecule has 0 aliphatic heterocycles. The van der Waals surface area contributed by atoms with Gasteiger partial charge in [0, 0.05) is 31.6 Å². The number of hydrogen-bond acceptors (Lipinski definition) is 6. The second-order valence-corrected chi connectivity index (χ2v) is 5.85. The molecule has 1 heterocycles. The third kappa shape index (κ3) is 3.72.